The molecule has 0 aliphatic carbocycles. The molecule has 2 aromatic carbocycles. The molecule has 6 heteroatoms. The molecule has 0 aliphatic heterocycles. The highest BCUT2D eigenvalue weighted by Crippen LogP contribution is 2.34. The van der Waals surface area contributed by atoms with Crippen molar-refractivity contribution in [3.05, 3.63) is 57.5 Å². The van der Waals surface area contributed by atoms with Gasteiger partial charge in [0.05, 0.1) is 21.2 Å². The highest BCUT2D eigenvalue weighted by molar-refractivity contribution is 9.10. The Morgan fingerprint density at radius 2 is 1.86 bits per heavy atom. The van der Waals surface area contributed by atoms with Crippen LogP contribution in [-0.2, 0) is 0 Å². The molecule has 0 fully saturated rings. The third-order valence-electron chi connectivity index (χ3n) is 2.93. The third-order valence-corrected chi connectivity index (χ3v) is 4.32. The van der Waals surface area contributed by atoms with Crippen LogP contribution in [0.5, 0.6) is 5.75 Å². The SMILES string of the molecule is CC(Nc1cccc(Cl)c1Br)c1ccccc1OC(F)F. The molecule has 2 nitrogen and oxygen atoms in total. The molecule has 0 aliphatic rings. The van der Waals surface area contributed by atoms with Gasteiger partial charge in [-0.2, -0.15) is 8.78 Å². The van der Waals surface area contributed by atoms with Gasteiger partial charge in [0.2, 0.25) is 0 Å². The predicted octanol–water partition coefficient (Wildman–Crippen LogP) is 5.88. The van der Waals surface area contributed by atoms with E-state index in [9.17, 15) is 8.78 Å². The molecule has 0 aromatic heterocycles. The van der Waals surface area contributed by atoms with Gasteiger partial charge >= 0.3 is 6.61 Å². The van der Waals surface area contributed by atoms with E-state index in [4.69, 9.17) is 11.6 Å². The summed E-state index contributed by atoms with van der Waals surface area (Å²) in [5.41, 5.74) is 1.42. The van der Waals surface area contributed by atoms with E-state index < -0.39 is 6.61 Å². The van der Waals surface area contributed by atoms with Crippen LogP contribution in [0.25, 0.3) is 0 Å². The molecule has 0 saturated heterocycles. The summed E-state index contributed by atoms with van der Waals surface area (Å²) >= 11 is 9.43. The summed E-state index contributed by atoms with van der Waals surface area (Å²) in [5.74, 6) is 0.158. The van der Waals surface area contributed by atoms with Gasteiger partial charge in [-0.1, -0.05) is 35.9 Å². The summed E-state index contributed by atoms with van der Waals surface area (Å²) < 4.78 is 30.2. The summed E-state index contributed by atoms with van der Waals surface area (Å²) in [7, 11) is 0. The van der Waals surface area contributed by atoms with E-state index in [2.05, 4.69) is 26.0 Å². The number of ether oxygens (including phenoxy) is 1. The van der Waals surface area contributed by atoms with Crippen molar-refractivity contribution in [2.24, 2.45) is 0 Å². The Morgan fingerprint density at radius 3 is 2.57 bits per heavy atom. The number of para-hydroxylation sites is 1. The maximum Gasteiger partial charge on any atom is 0.387 e. The second-order valence-electron chi connectivity index (χ2n) is 4.38. The zero-order valence-corrected chi connectivity index (χ0v) is 13.5. The largest absolute Gasteiger partial charge is 0.434 e. The molecule has 1 atom stereocenters. The molecule has 112 valence electrons. The van der Waals surface area contributed by atoms with Gasteiger partial charge in [-0.05, 0) is 41.1 Å². The summed E-state index contributed by atoms with van der Waals surface area (Å²) in [6.07, 6.45) is 0. The van der Waals surface area contributed by atoms with Crippen molar-refractivity contribution in [3.8, 4) is 5.75 Å². The van der Waals surface area contributed by atoms with Crippen LogP contribution in [0.4, 0.5) is 14.5 Å². The highest BCUT2D eigenvalue weighted by Gasteiger charge is 2.15. The molecule has 2 aromatic rings. The average Bonchev–Trinajstić information content (AvgIpc) is 2.44. The quantitative estimate of drug-likeness (QED) is 0.704. The van der Waals surface area contributed by atoms with Gasteiger partial charge in [0.1, 0.15) is 5.75 Å². The predicted molar refractivity (Wildman–Crippen MR) is 84.3 cm³/mol. The van der Waals surface area contributed by atoms with Crippen molar-refractivity contribution in [2.75, 3.05) is 5.32 Å². The standard InChI is InChI=1S/C15H13BrClF2NO/c1-9(20-12-7-4-6-11(17)14(12)16)10-5-2-3-8-13(10)21-15(18)19/h2-9,15,20H,1H3. The minimum Gasteiger partial charge on any atom is -0.434 e. The molecule has 2 rings (SSSR count). The van der Waals surface area contributed by atoms with Crippen molar-refractivity contribution in [1.29, 1.82) is 0 Å². The van der Waals surface area contributed by atoms with Crippen LogP contribution in [0.2, 0.25) is 5.02 Å². The first-order chi connectivity index (χ1) is 9.99. The number of hydrogen-bond donors (Lipinski definition) is 1. The molecule has 1 unspecified atom stereocenters. The Kier molecular flexibility index (Phi) is 5.42. The van der Waals surface area contributed by atoms with Crippen LogP contribution >= 0.6 is 27.5 Å². The third kappa shape index (κ3) is 4.08. The number of nitrogens with one attached hydrogen (secondary N) is 1. The van der Waals surface area contributed by atoms with Crippen molar-refractivity contribution in [3.63, 3.8) is 0 Å². The Labute approximate surface area is 135 Å². The van der Waals surface area contributed by atoms with Gasteiger partial charge in [0.15, 0.2) is 0 Å². The van der Waals surface area contributed by atoms with E-state index in [1.54, 1.807) is 24.3 Å². The van der Waals surface area contributed by atoms with Crippen molar-refractivity contribution in [1.82, 2.24) is 0 Å². The van der Waals surface area contributed by atoms with Crippen LogP contribution in [-0.4, -0.2) is 6.61 Å². The minimum atomic E-state index is -2.85. The summed E-state index contributed by atoms with van der Waals surface area (Å²) in [6, 6.07) is 11.9. The topological polar surface area (TPSA) is 21.3 Å². The maximum atomic E-state index is 12.4. The fourth-order valence-corrected chi connectivity index (χ4v) is 2.52. The van der Waals surface area contributed by atoms with Gasteiger partial charge in [-0.15, -0.1) is 0 Å². The Hall–Kier alpha value is -1.33. The number of rotatable bonds is 5. The lowest BCUT2D eigenvalue weighted by Gasteiger charge is -2.20. The number of halogens is 4. The lowest BCUT2D eigenvalue weighted by molar-refractivity contribution is -0.0505. The Morgan fingerprint density at radius 1 is 1.14 bits per heavy atom. The fraction of sp³-hybridized carbons (Fsp3) is 0.200. The van der Waals surface area contributed by atoms with Crippen molar-refractivity contribution in [2.45, 2.75) is 19.6 Å². The first kappa shape index (κ1) is 16.0. The molecule has 0 radical (unpaired) electrons. The summed E-state index contributed by atoms with van der Waals surface area (Å²) in [6.45, 7) is -0.989. The highest BCUT2D eigenvalue weighted by atomic mass is 79.9. The lowest BCUT2D eigenvalue weighted by atomic mass is 10.1. The molecule has 0 amide bonds. The zero-order valence-electron chi connectivity index (χ0n) is 11.1. The van der Waals surface area contributed by atoms with E-state index in [-0.39, 0.29) is 11.8 Å². The molecule has 21 heavy (non-hydrogen) atoms. The van der Waals surface area contributed by atoms with Gasteiger partial charge in [0.25, 0.3) is 0 Å². The van der Waals surface area contributed by atoms with E-state index >= 15 is 0 Å². The Bertz CT molecular complexity index is 624. The van der Waals surface area contributed by atoms with Crippen molar-refractivity contribution >= 4 is 33.2 Å². The monoisotopic (exact) mass is 375 g/mol. The molecule has 0 saturated carbocycles. The number of hydrogen-bond acceptors (Lipinski definition) is 2. The number of anilines is 1. The van der Waals surface area contributed by atoms with E-state index in [1.807, 2.05) is 19.1 Å². The van der Waals surface area contributed by atoms with Gasteiger partial charge in [-0.25, -0.2) is 0 Å². The normalized spacial score (nSPS) is 12.3. The van der Waals surface area contributed by atoms with Crippen LogP contribution in [0.15, 0.2) is 46.9 Å². The average molecular weight is 377 g/mol. The van der Waals surface area contributed by atoms with Gasteiger partial charge in [0, 0.05) is 5.56 Å². The number of benzene rings is 2. The maximum absolute atomic E-state index is 12.4. The van der Waals surface area contributed by atoms with E-state index in [0.717, 1.165) is 10.2 Å². The number of alkyl halides is 2. The van der Waals surface area contributed by atoms with Crippen LogP contribution in [0.1, 0.15) is 18.5 Å². The summed E-state index contributed by atoms with van der Waals surface area (Å²) in [4.78, 5) is 0. The van der Waals surface area contributed by atoms with Crippen LogP contribution in [0, 0.1) is 0 Å². The second-order valence-corrected chi connectivity index (χ2v) is 5.58. The smallest absolute Gasteiger partial charge is 0.387 e. The second kappa shape index (κ2) is 7.09. The van der Waals surface area contributed by atoms with E-state index in [1.165, 1.54) is 6.07 Å². The molecular formula is C15H13BrClF2NO. The van der Waals surface area contributed by atoms with Crippen LogP contribution < -0.4 is 10.1 Å². The summed E-state index contributed by atoms with van der Waals surface area (Å²) in [5, 5.41) is 3.80. The van der Waals surface area contributed by atoms with Crippen molar-refractivity contribution < 1.29 is 13.5 Å². The molecule has 0 heterocycles. The molecule has 1 N–H and O–H groups in total. The van der Waals surface area contributed by atoms with Gasteiger partial charge in [-0.3, -0.25) is 0 Å². The lowest BCUT2D eigenvalue weighted by Crippen LogP contribution is -2.11. The molecule has 0 bridgehead atoms. The van der Waals surface area contributed by atoms with Gasteiger partial charge < -0.3 is 10.1 Å². The van der Waals surface area contributed by atoms with E-state index in [0.29, 0.717) is 10.6 Å². The van der Waals surface area contributed by atoms with Crippen LogP contribution in [0.3, 0.4) is 0 Å². The first-order valence-corrected chi connectivity index (χ1v) is 7.40. The molecule has 0 spiro atoms. The fourth-order valence-electron chi connectivity index (χ4n) is 1.97. The first-order valence-electron chi connectivity index (χ1n) is 6.23. The zero-order chi connectivity index (χ0) is 15.4. The minimum absolute atomic E-state index is 0.158. The Balaban J connectivity index is 2.24. The molecular weight excluding hydrogens is 364 g/mol.